The van der Waals surface area contributed by atoms with Gasteiger partial charge < -0.3 is 9.94 Å². The zero-order valence-electron chi connectivity index (χ0n) is 18.8. The van der Waals surface area contributed by atoms with Gasteiger partial charge >= 0.3 is 5.97 Å². The highest BCUT2D eigenvalue weighted by Crippen LogP contribution is 2.25. The van der Waals surface area contributed by atoms with E-state index in [9.17, 15) is 14.7 Å². The lowest BCUT2D eigenvalue weighted by Crippen LogP contribution is -2.13. The molecule has 3 N–H and O–H groups in total. The summed E-state index contributed by atoms with van der Waals surface area (Å²) >= 11 is 0. The number of carbonyl (C=O) groups is 2. The van der Waals surface area contributed by atoms with Gasteiger partial charge in [0.15, 0.2) is 11.5 Å². The predicted octanol–water partition coefficient (Wildman–Crippen LogP) is 7.08. The van der Waals surface area contributed by atoms with Crippen molar-refractivity contribution >= 4 is 11.8 Å². The van der Waals surface area contributed by atoms with Gasteiger partial charge in [-0.3, -0.25) is 4.79 Å². The largest absolute Gasteiger partial charge is 0.478 e. The fourth-order valence-corrected chi connectivity index (χ4v) is 3.84. The van der Waals surface area contributed by atoms with Crippen LogP contribution < -0.4 is 10.7 Å². The number of hydrogen-bond acceptors (Lipinski definition) is 4. The second kappa shape index (κ2) is 16.9. The molecule has 0 radical (unpaired) electrons. The van der Waals surface area contributed by atoms with E-state index < -0.39 is 5.97 Å². The van der Waals surface area contributed by atoms with Crippen molar-refractivity contribution in [1.82, 2.24) is 0 Å². The smallest absolute Gasteiger partial charge is 0.339 e. The Labute approximate surface area is 182 Å². The van der Waals surface area contributed by atoms with Crippen LogP contribution in [0.3, 0.4) is 0 Å². The summed E-state index contributed by atoms with van der Waals surface area (Å²) in [7, 11) is 0. The van der Waals surface area contributed by atoms with Crippen LogP contribution >= 0.6 is 0 Å². The van der Waals surface area contributed by atoms with Gasteiger partial charge in [-0.25, -0.2) is 4.79 Å². The normalized spacial score (nSPS) is 10.9. The van der Waals surface area contributed by atoms with Crippen LogP contribution in [0.4, 0.5) is 0 Å². The fraction of sp³-hybridized carbons (Fsp3) is 0.680. The van der Waals surface area contributed by atoms with E-state index in [4.69, 9.17) is 5.90 Å². The fourth-order valence-electron chi connectivity index (χ4n) is 3.84. The summed E-state index contributed by atoms with van der Waals surface area (Å²) in [6.07, 6.45) is 19.5. The third-order valence-corrected chi connectivity index (χ3v) is 5.67. The second-order valence-corrected chi connectivity index (χ2v) is 8.23. The summed E-state index contributed by atoms with van der Waals surface area (Å²) in [5.74, 6) is 3.88. The average molecular weight is 420 g/mol. The number of Topliss-reactive ketones (excluding diaryl/α,β-unsaturated/α-hetero) is 1. The Balaban J connectivity index is 2.05. The Morgan fingerprint density at radius 3 is 1.63 bits per heavy atom. The van der Waals surface area contributed by atoms with Crippen molar-refractivity contribution in [3.8, 4) is 5.75 Å². The van der Waals surface area contributed by atoms with Crippen LogP contribution in [-0.2, 0) is 0 Å². The highest BCUT2D eigenvalue weighted by Gasteiger charge is 2.19. The molecule has 0 saturated carbocycles. The van der Waals surface area contributed by atoms with E-state index in [1.165, 1.54) is 83.1 Å². The van der Waals surface area contributed by atoms with Crippen LogP contribution in [0.1, 0.15) is 130 Å². The molecule has 1 aromatic rings. The van der Waals surface area contributed by atoms with Gasteiger partial charge in [0, 0.05) is 6.42 Å². The molecule has 0 saturated heterocycles. The molecule has 0 amide bonds. The molecule has 5 nitrogen and oxygen atoms in total. The number of aromatic carboxylic acids is 1. The molecule has 170 valence electrons. The molecule has 0 atom stereocenters. The van der Waals surface area contributed by atoms with E-state index in [2.05, 4.69) is 11.8 Å². The van der Waals surface area contributed by atoms with E-state index in [1.807, 2.05) is 0 Å². The van der Waals surface area contributed by atoms with Gasteiger partial charge in [-0.15, -0.1) is 0 Å². The van der Waals surface area contributed by atoms with E-state index >= 15 is 0 Å². The molecule has 0 aliphatic heterocycles. The molecule has 30 heavy (non-hydrogen) atoms. The van der Waals surface area contributed by atoms with E-state index in [-0.39, 0.29) is 22.7 Å². The Bertz CT molecular complexity index is 615. The van der Waals surface area contributed by atoms with Crippen molar-refractivity contribution in [2.24, 2.45) is 5.90 Å². The maximum atomic E-state index is 12.4. The number of nitrogens with two attached hydrogens (primary N) is 1. The number of carboxylic acid groups (broad SMARTS) is 1. The zero-order valence-corrected chi connectivity index (χ0v) is 18.8. The number of carbonyl (C=O) groups excluding carboxylic acids is 1. The van der Waals surface area contributed by atoms with Crippen molar-refractivity contribution in [3.63, 3.8) is 0 Å². The number of para-hydroxylation sites is 1. The minimum atomic E-state index is -1.16. The van der Waals surface area contributed by atoms with Crippen molar-refractivity contribution in [1.29, 1.82) is 0 Å². The molecule has 0 heterocycles. The maximum Gasteiger partial charge on any atom is 0.339 e. The maximum absolute atomic E-state index is 12.4. The van der Waals surface area contributed by atoms with Crippen LogP contribution in [-0.4, -0.2) is 16.9 Å². The van der Waals surface area contributed by atoms with E-state index in [1.54, 1.807) is 12.1 Å². The molecular formula is C25H41NO4. The van der Waals surface area contributed by atoms with Gasteiger partial charge in [0.1, 0.15) is 5.56 Å². The summed E-state index contributed by atoms with van der Waals surface area (Å²) in [6, 6.07) is 4.50. The molecule has 0 bridgehead atoms. The Morgan fingerprint density at radius 1 is 0.767 bits per heavy atom. The van der Waals surface area contributed by atoms with Crippen LogP contribution in [0.2, 0.25) is 0 Å². The second-order valence-electron chi connectivity index (χ2n) is 8.23. The predicted molar refractivity (Wildman–Crippen MR) is 122 cm³/mol. The third-order valence-electron chi connectivity index (χ3n) is 5.67. The van der Waals surface area contributed by atoms with Gasteiger partial charge in [0.05, 0.1) is 5.56 Å². The number of rotatable bonds is 19. The molecular weight excluding hydrogens is 378 g/mol. The lowest BCUT2D eigenvalue weighted by molar-refractivity contribution is 0.0692. The number of unbranched alkanes of at least 4 members (excludes halogenated alkanes) is 14. The van der Waals surface area contributed by atoms with Crippen LogP contribution in [0.25, 0.3) is 0 Å². The number of hydrogen-bond donors (Lipinski definition) is 2. The zero-order chi connectivity index (χ0) is 22.0. The van der Waals surface area contributed by atoms with E-state index in [0.717, 1.165) is 19.3 Å². The highest BCUT2D eigenvalue weighted by atomic mass is 16.6. The first kappa shape index (κ1) is 26.2. The molecule has 0 aliphatic rings. The highest BCUT2D eigenvalue weighted by molar-refractivity contribution is 6.03. The van der Waals surface area contributed by atoms with Crippen LogP contribution in [0, 0.1) is 0 Å². The summed E-state index contributed by atoms with van der Waals surface area (Å²) in [4.78, 5) is 28.3. The molecule has 1 rings (SSSR count). The topological polar surface area (TPSA) is 89.6 Å². The SMILES string of the molecule is CCCCCCCCCCCCCCCCCC(=O)c1cccc(C(=O)O)c1ON. The Kier molecular flexibility index (Phi) is 14.7. The van der Waals surface area contributed by atoms with Crippen molar-refractivity contribution in [2.75, 3.05) is 0 Å². The molecule has 0 aromatic heterocycles. The lowest BCUT2D eigenvalue weighted by atomic mass is 10.00. The van der Waals surface area contributed by atoms with Crippen LogP contribution in [0.5, 0.6) is 5.75 Å². The van der Waals surface area contributed by atoms with Crippen molar-refractivity contribution < 1.29 is 19.5 Å². The minimum absolute atomic E-state index is 0.0454. The summed E-state index contributed by atoms with van der Waals surface area (Å²) in [5.41, 5.74) is 0.169. The van der Waals surface area contributed by atoms with Crippen LogP contribution in [0.15, 0.2) is 18.2 Å². The Hall–Kier alpha value is -1.88. The first-order chi connectivity index (χ1) is 14.6. The number of benzene rings is 1. The summed E-state index contributed by atoms with van der Waals surface area (Å²) in [5, 5.41) is 9.17. The van der Waals surface area contributed by atoms with Gasteiger partial charge in [0.25, 0.3) is 0 Å². The molecule has 0 fully saturated rings. The Morgan fingerprint density at radius 2 is 1.20 bits per heavy atom. The van der Waals surface area contributed by atoms with Crippen molar-refractivity contribution in [3.05, 3.63) is 29.3 Å². The number of ketones is 1. The molecule has 0 spiro atoms. The molecule has 5 heteroatoms. The molecule has 0 aliphatic carbocycles. The quantitative estimate of drug-likeness (QED) is 0.142. The monoisotopic (exact) mass is 419 g/mol. The van der Waals surface area contributed by atoms with Gasteiger partial charge in [-0.2, -0.15) is 5.90 Å². The van der Waals surface area contributed by atoms with Gasteiger partial charge in [0.2, 0.25) is 0 Å². The number of carboxylic acids is 1. The summed E-state index contributed by atoms with van der Waals surface area (Å²) < 4.78 is 0. The summed E-state index contributed by atoms with van der Waals surface area (Å²) in [6.45, 7) is 2.26. The standard InChI is InChI=1S/C25H41NO4/c1-2-3-4-5-6-7-8-9-10-11-12-13-14-15-16-20-23(27)21-18-17-19-22(25(28)29)24(21)30-26/h17-19H,2-16,20,26H2,1H3,(H,28,29). The molecule has 0 unspecified atom stereocenters. The third kappa shape index (κ3) is 10.8. The first-order valence-corrected chi connectivity index (χ1v) is 11.9. The lowest BCUT2D eigenvalue weighted by Gasteiger charge is -2.09. The average Bonchev–Trinajstić information content (AvgIpc) is 2.75. The van der Waals surface area contributed by atoms with Gasteiger partial charge in [-0.1, -0.05) is 103 Å². The van der Waals surface area contributed by atoms with E-state index in [0.29, 0.717) is 6.42 Å². The molecule has 1 aromatic carbocycles. The van der Waals surface area contributed by atoms with Gasteiger partial charge in [-0.05, 0) is 18.6 Å². The minimum Gasteiger partial charge on any atom is -0.478 e. The van der Waals surface area contributed by atoms with Crippen molar-refractivity contribution in [2.45, 2.75) is 110 Å². The first-order valence-electron chi connectivity index (χ1n) is 11.9.